The van der Waals surface area contributed by atoms with Crippen LogP contribution in [0.5, 0.6) is 0 Å². The Balaban J connectivity index is 1.65. The molecule has 2 fully saturated rings. The molecule has 0 bridgehead atoms. The summed E-state index contributed by atoms with van der Waals surface area (Å²) in [6.45, 7) is 3.88. The summed E-state index contributed by atoms with van der Waals surface area (Å²) >= 11 is 0. The van der Waals surface area contributed by atoms with Gasteiger partial charge in [0.05, 0.1) is 11.1 Å². The van der Waals surface area contributed by atoms with Gasteiger partial charge in [0.25, 0.3) is 0 Å². The molecule has 2 aromatic rings. The van der Waals surface area contributed by atoms with Crippen molar-refractivity contribution in [1.29, 1.82) is 5.26 Å². The van der Waals surface area contributed by atoms with Crippen molar-refractivity contribution in [3.8, 4) is 6.07 Å². The number of pyridine rings is 1. The minimum Gasteiger partial charge on any atom is -0.342 e. The van der Waals surface area contributed by atoms with E-state index < -0.39 is 0 Å². The van der Waals surface area contributed by atoms with Gasteiger partial charge >= 0.3 is 0 Å². The molecule has 1 aliphatic carbocycles. The van der Waals surface area contributed by atoms with Crippen molar-refractivity contribution < 1.29 is 4.79 Å². The highest BCUT2D eigenvalue weighted by atomic mass is 16.2. The molecule has 2 heterocycles. The van der Waals surface area contributed by atoms with Gasteiger partial charge in [-0.05, 0) is 48.8 Å². The van der Waals surface area contributed by atoms with Gasteiger partial charge in [-0.15, -0.1) is 0 Å². The largest absolute Gasteiger partial charge is 0.342 e. The van der Waals surface area contributed by atoms with Crippen LogP contribution in [0.25, 0.3) is 10.9 Å². The van der Waals surface area contributed by atoms with Crippen LogP contribution in [0.15, 0.2) is 30.5 Å². The Morgan fingerprint density at radius 3 is 2.92 bits per heavy atom. The zero-order chi connectivity index (χ0) is 17.4. The van der Waals surface area contributed by atoms with Crippen molar-refractivity contribution in [2.24, 2.45) is 11.8 Å². The zero-order valence-electron chi connectivity index (χ0n) is 14.6. The molecule has 0 radical (unpaired) electrons. The molecule has 1 aromatic heterocycles. The second-order valence-corrected chi connectivity index (χ2v) is 7.70. The lowest BCUT2D eigenvalue weighted by atomic mass is 9.83. The number of amides is 1. The number of hydrogen-bond donors (Lipinski definition) is 0. The Kier molecular flexibility index (Phi) is 4.17. The van der Waals surface area contributed by atoms with Crippen LogP contribution in [0.4, 0.5) is 0 Å². The number of fused-ring (bicyclic) bond motifs is 1. The van der Waals surface area contributed by atoms with Crippen molar-refractivity contribution in [1.82, 2.24) is 9.88 Å². The van der Waals surface area contributed by atoms with Crippen LogP contribution in [0.2, 0.25) is 0 Å². The van der Waals surface area contributed by atoms with Crippen LogP contribution in [0.3, 0.4) is 0 Å². The number of carbonyl (C=O) groups is 1. The maximum atomic E-state index is 12.6. The Bertz CT molecular complexity index is 850. The van der Waals surface area contributed by atoms with Crippen molar-refractivity contribution in [2.45, 2.75) is 38.5 Å². The topological polar surface area (TPSA) is 57.0 Å². The first-order valence-corrected chi connectivity index (χ1v) is 9.21. The Hall–Kier alpha value is -2.41. The SMILES string of the molecule is C[C@@H]1CC(c2ccc(C#N)c3ncccc23)CN(C(=O)CC2CC2)C1. The number of hydrogen-bond acceptors (Lipinski definition) is 3. The lowest BCUT2D eigenvalue weighted by molar-refractivity contribution is -0.133. The molecule has 1 aromatic carbocycles. The fourth-order valence-electron chi connectivity index (χ4n) is 4.12. The highest BCUT2D eigenvalue weighted by Crippen LogP contribution is 2.37. The van der Waals surface area contributed by atoms with Gasteiger partial charge in [0.1, 0.15) is 6.07 Å². The highest BCUT2D eigenvalue weighted by molar-refractivity contribution is 5.87. The van der Waals surface area contributed by atoms with E-state index in [1.165, 1.54) is 18.4 Å². The molecule has 4 rings (SSSR count). The highest BCUT2D eigenvalue weighted by Gasteiger charge is 2.32. The number of rotatable bonds is 3. The Labute approximate surface area is 148 Å². The molecule has 2 aliphatic rings. The molecule has 1 saturated carbocycles. The molecule has 0 N–H and O–H groups in total. The normalized spacial score (nSPS) is 23.4. The Morgan fingerprint density at radius 2 is 2.16 bits per heavy atom. The first-order valence-electron chi connectivity index (χ1n) is 9.21. The number of nitriles is 1. The van der Waals surface area contributed by atoms with E-state index in [0.717, 1.165) is 36.8 Å². The van der Waals surface area contributed by atoms with Crippen LogP contribution < -0.4 is 0 Å². The van der Waals surface area contributed by atoms with E-state index >= 15 is 0 Å². The van der Waals surface area contributed by atoms with E-state index in [-0.39, 0.29) is 0 Å². The van der Waals surface area contributed by atoms with Crippen molar-refractivity contribution in [2.75, 3.05) is 13.1 Å². The second kappa shape index (κ2) is 6.48. The van der Waals surface area contributed by atoms with Crippen LogP contribution >= 0.6 is 0 Å². The molecule has 4 heteroatoms. The van der Waals surface area contributed by atoms with Crippen LogP contribution in [0.1, 0.15) is 49.7 Å². The van der Waals surface area contributed by atoms with Gasteiger partial charge < -0.3 is 4.90 Å². The molecule has 1 amide bonds. The summed E-state index contributed by atoms with van der Waals surface area (Å²) < 4.78 is 0. The predicted octanol–water partition coefficient (Wildman–Crippen LogP) is 3.86. The van der Waals surface area contributed by atoms with E-state index in [1.54, 1.807) is 6.20 Å². The smallest absolute Gasteiger partial charge is 0.222 e. The van der Waals surface area contributed by atoms with Crippen molar-refractivity contribution in [3.63, 3.8) is 0 Å². The molecule has 2 atom stereocenters. The number of carbonyl (C=O) groups excluding carboxylic acids is 1. The minimum absolute atomic E-state index is 0.311. The number of likely N-dealkylation sites (tertiary alicyclic amines) is 1. The third-order valence-electron chi connectivity index (χ3n) is 5.54. The fourth-order valence-corrected chi connectivity index (χ4v) is 4.12. The molecular weight excluding hydrogens is 310 g/mol. The fraction of sp³-hybridized carbons (Fsp3) is 0.476. The molecule has 1 aliphatic heterocycles. The minimum atomic E-state index is 0.311. The zero-order valence-corrected chi connectivity index (χ0v) is 14.6. The molecule has 128 valence electrons. The maximum absolute atomic E-state index is 12.6. The van der Waals surface area contributed by atoms with Gasteiger partial charge in [-0.25, -0.2) is 0 Å². The van der Waals surface area contributed by atoms with Gasteiger partial charge in [0.2, 0.25) is 5.91 Å². The Morgan fingerprint density at radius 1 is 1.32 bits per heavy atom. The first kappa shape index (κ1) is 16.1. The summed E-state index contributed by atoms with van der Waals surface area (Å²) in [6.07, 6.45) is 5.95. The van der Waals surface area contributed by atoms with E-state index in [9.17, 15) is 10.1 Å². The quantitative estimate of drug-likeness (QED) is 0.857. The van der Waals surface area contributed by atoms with Gasteiger partial charge in [-0.3, -0.25) is 9.78 Å². The van der Waals surface area contributed by atoms with Crippen LogP contribution in [0, 0.1) is 23.2 Å². The van der Waals surface area contributed by atoms with Gasteiger partial charge in [-0.2, -0.15) is 5.26 Å². The monoisotopic (exact) mass is 333 g/mol. The predicted molar refractivity (Wildman–Crippen MR) is 96.9 cm³/mol. The molecule has 25 heavy (non-hydrogen) atoms. The molecule has 1 saturated heterocycles. The summed E-state index contributed by atoms with van der Waals surface area (Å²) in [7, 11) is 0. The van der Waals surface area contributed by atoms with Crippen LogP contribution in [-0.4, -0.2) is 28.9 Å². The van der Waals surface area contributed by atoms with E-state index in [4.69, 9.17) is 0 Å². The number of benzene rings is 1. The first-order chi connectivity index (χ1) is 12.2. The van der Waals surface area contributed by atoms with Gasteiger partial charge in [0, 0.05) is 37.0 Å². The second-order valence-electron chi connectivity index (χ2n) is 7.70. The van der Waals surface area contributed by atoms with Gasteiger partial charge in [-0.1, -0.05) is 19.1 Å². The molecule has 1 unspecified atom stereocenters. The standard InChI is InChI=1S/C21H23N3O/c1-14-9-17(13-24(12-14)20(25)10-15-4-5-15)18-7-6-16(11-22)21-19(18)3-2-8-23-21/h2-3,6-8,14-15,17H,4-5,9-10,12-13H2,1H3/t14-,17?/m1/s1. The molecule has 0 spiro atoms. The lowest BCUT2D eigenvalue weighted by Crippen LogP contribution is -2.42. The van der Waals surface area contributed by atoms with Crippen LogP contribution in [-0.2, 0) is 4.79 Å². The summed E-state index contributed by atoms with van der Waals surface area (Å²) in [4.78, 5) is 19.1. The molecule has 4 nitrogen and oxygen atoms in total. The van der Waals surface area contributed by atoms with Crippen molar-refractivity contribution >= 4 is 16.8 Å². The number of nitrogens with zero attached hydrogens (tertiary/aromatic N) is 3. The third kappa shape index (κ3) is 3.24. The summed E-state index contributed by atoms with van der Waals surface area (Å²) in [5, 5.41) is 10.4. The number of piperidine rings is 1. The van der Waals surface area contributed by atoms with E-state index in [2.05, 4.69) is 28.9 Å². The number of aromatic nitrogens is 1. The molecular formula is C21H23N3O. The summed E-state index contributed by atoms with van der Waals surface area (Å²) in [5.74, 6) is 1.74. The average molecular weight is 333 g/mol. The summed E-state index contributed by atoms with van der Waals surface area (Å²) in [5.41, 5.74) is 2.61. The van der Waals surface area contributed by atoms with Gasteiger partial charge in [0.15, 0.2) is 0 Å². The lowest BCUT2D eigenvalue weighted by Gasteiger charge is -2.37. The maximum Gasteiger partial charge on any atom is 0.222 e. The van der Waals surface area contributed by atoms with E-state index in [0.29, 0.717) is 29.2 Å². The average Bonchev–Trinajstić information content (AvgIpc) is 3.44. The van der Waals surface area contributed by atoms with E-state index in [1.807, 2.05) is 18.2 Å². The summed E-state index contributed by atoms with van der Waals surface area (Å²) in [6, 6.07) is 10.2. The van der Waals surface area contributed by atoms with Crippen molar-refractivity contribution in [3.05, 3.63) is 41.6 Å². The third-order valence-corrected chi connectivity index (χ3v) is 5.54.